The highest BCUT2D eigenvalue weighted by atomic mass is 32.2. The number of carbonyl (C=O) groups excluding carboxylic acids is 1. The Morgan fingerprint density at radius 2 is 1.68 bits per heavy atom. The van der Waals surface area contributed by atoms with Crippen molar-refractivity contribution in [1.29, 1.82) is 0 Å². The van der Waals surface area contributed by atoms with E-state index >= 15 is 0 Å². The molecule has 1 aliphatic rings. The molecule has 1 aromatic heterocycles. The molecule has 1 saturated heterocycles. The molecule has 8 nitrogen and oxygen atoms in total. The fourth-order valence-corrected chi connectivity index (χ4v) is 6.20. The van der Waals surface area contributed by atoms with Crippen LogP contribution in [0.2, 0.25) is 0 Å². The normalized spacial score (nSPS) is 15.6. The third kappa shape index (κ3) is 6.05. The van der Waals surface area contributed by atoms with Crippen molar-refractivity contribution in [3.63, 3.8) is 0 Å². The van der Waals surface area contributed by atoms with Gasteiger partial charge >= 0.3 is 0 Å². The second-order valence-electron chi connectivity index (χ2n) is 10.2. The van der Waals surface area contributed by atoms with Crippen LogP contribution in [0, 0.1) is 13.8 Å². The maximum absolute atomic E-state index is 13.4. The van der Waals surface area contributed by atoms with Crippen molar-refractivity contribution in [3.8, 4) is 0 Å². The molecule has 1 aromatic carbocycles. The molecule has 2 aromatic rings. The van der Waals surface area contributed by atoms with Crippen LogP contribution in [-0.2, 0) is 33.1 Å². The molecule has 0 N–H and O–H groups in total. The molecule has 34 heavy (non-hydrogen) atoms. The predicted octanol–water partition coefficient (Wildman–Crippen LogP) is 3.79. The molecule has 0 spiro atoms. The van der Waals surface area contributed by atoms with Gasteiger partial charge in [-0.05, 0) is 48.8 Å². The Hall–Kier alpha value is -2.26. The zero-order chi connectivity index (χ0) is 25.1. The molecular formula is C25H38N4O4S. The van der Waals surface area contributed by atoms with Crippen LogP contribution in [-0.4, -0.2) is 59.8 Å². The van der Waals surface area contributed by atoms with E-state index in [1.165, 1.54) is 4.31 Å². The van der Waals surface area contributed by atoms with E-state index in [0.29, 0.717) is 62.1 Å². The van der Waals surface area contributed by atoms with Gasteiger partial charge in [0.1, 0.15) is 0 Å². The summed E-state index contributed by atoms with van der Waals surface area (Å²) in [6, 6.07) is 3.96. The molecule has 1 amide bonds. The minimum atomic E-state index is -3.62. The SMILES string of the molecule is CCCc1noc(CCCC(=O)N2CCN(S(=O)(=O)c3c(C)cc(C(C)(C)C)cc3C)CC2)n1. The van der Waals surface area contributed by atoms with Gasteiger partial charge < -0.3 is 9.42 Å². The summed E-state index contributed by atoms with van der Waals surface area (Å²) in [5.74, 6) is 1.31. The van der Waals surface area contributed by atoms with Gasteiger partial charge in [-0.3, -0.25) is 4.79 Å². The van der Waals surface area contributed by atoms with Gasteiger partial charge in [0.2, 0.25) is 21.8 Å². The first-order chi connectivity index (χ1) is 15.9. The summed E-state index contributed by atoms with van der Waals surface area (Å²) < 4.78 is 33.6. The van der Waals surface area contributed by atoms with Crippen LogP contribution in [0.1, 0.15) is 75.4 Å². The maximum atomic E-state index is 13.4. The number of benzene rings is 1. The van der Waals surface area contributed by atoms with Gasteiger partial charge in [-0.2, -0.15) is 9.29 Å². The topological polar surface area (TPSA) is 96.6 Å². The van der Waals surface area contributed by atoms with Crippen molar-refractivity contribution >= 4 is 15.9 Å². The average Bonchev–Trinajstić information content (AvgIpc) is 3.20. The molecule has 0 unspecified atom stereocenters. The second kappa shape index (κ2) is 10.6. The minimum Gasteiger partial charge on any atom is -0.340 e. The van der Waals surface area contributed by atoms with Crippen LogP contribution in [0.4, 0.5) is 0 Å². The van der Waals surface area contributed by atoms with Crippen LogP contribution in [0.15, 0.2) is 21.6 Å². The summed E-state index contributed by atoms with van der Waals surface area (Å²) in [5, 5.41) is 3.93. The van der Waals surface area contributed by atoms with Gasteiger partial charge in [0.15, 0.2) is 5.82 Å². The zero-order valence-electron chi connectivity index (χ0n) is 21.3. The Labute approximate surface area is 203 Å². The van der Waals surface area contributed by atoms with E-state index in [1.807, 2.05) is 26.0 Å². The van der Waals surface area contributed by atoms with E-state index in [-0.39, 0.29) is 11.3 Å². The van der Waals surface area contributed by atoms with E-state index in [2.05, 4.69) is 37.8 Å². The Morgan fingerprint density at radius 1 is 1.06 bits per heavy atom. The van der Waals surface area contributed by atoms with Crippen molar-refractivity contribution in [1.82, 2.24) is 19.3 Å². The Morgan fingerprint density at radius 3 is 2.24 bits per heavy atom. The zero-order valence-corrected chi connectivity index (χ0v) is 22.2. The molecule has 0 atom stereocenters. The van der Waals surface area contributed by atoms with Crippen molar-refractivity contribution in [2.45, 2.75) is 84.0 Å². The Balaban J connectivity index is 1.56. The molecule has 2 heterocycles. The molecule has 0 aliphatic carbocycles. The average molecular weight is 491 g/mol. The lowest BCUT2D eigenvalue weighted by Crippen LogP contribution is -2.50. The molecule has 9 heteroatoms. The third-order valence-electron chi connectivity index (χ3n) is 6.28. The molecule has 0 radical (unpaired) electrons. The van der Waals surface area contributed by atoms with Crippen LogP contribution in [0.5, 0.6) is 0 Å². The van der Waals surface area contributed by atoms with E-state index < -0.39 is 10.0 Å². The number of amides is 1. The van der Waals surface area contributed by atoms with Gasteiger partial charge in [-0.1, -0.05) is 45.0 Å². The molecule has 0 saturated carbocycles. The number of sulfonamides is 1. The lowest BCUT2D eigenvalue weighted by molar-refractivity contribution is -0.132. The first-order valence-corrected chi connectivity index (χ1v) is 13.6. The summed E-state index contributed by atoms with van der Waals surface area (Å²) in [6.45, 7) is 13.6. The maximum Gasteiger partial charge on any atom is 0.243 e. The van der Waals surface area contributed by atoms with Gasteiger partial charge in [-0.25, -0.2) is 8.42 Å². The highest BCUT2D eigenvalue weighted by Crippen LogP contribution is 2.31. The van der Waals surface area contributed by atoms with E-state index in [4.69, 9.17) is 4.52 Å². The highest BCUT2D eigenvalue weighted by Gasteiger charge is 2.32. The number of rotatable bonds is 8. The summed E-state index contributed by atoms with van der Waals surface area (Å²) in [6.07, 6.45) is 3.32. The number of aromatic nitrogens is 2. The molecule has 3 rings (SSSR count). The van der Waals surface area contributed by atoms with Crippen LogP contribution >= 0.6 is 0 Å². The van der Waals surface area contributed by atoms with Crippen molar-refractivity contribution < 1.29 is 17.7 Å². The lowest BCUT2D eigenvalue weighted by atomic mass is 9.85. The monoisotopic (exact) mass is 490 g/mol. The second-order valence-corrected chi connectivity index (χ2v) is 12.1. The standard InChI is InChI=1S/C25H38N4O4S/c1-7-9-21-26-22(33-27-21)10-8-11-23(30)28-12-14-29(15-13-28)34(31,32)24-18(2)16-20(17-19(24)3)25(4,5)6/h16-17H,7-15H2,1-6H3. The largest absolute Gasteiger partial charge is 0.340 e. The molecule has 1 aliphatic heterocycles. The fraction of sp³-hybridized carbons (Fsp3) is 0.640. The van der Waals surface area contributed by atoms with Crippen molar-refractivity contribution in [3.05, 3.63) is 40.5 Å². The summed E-state index contributed by atoms with van der Waals surface area (Å²) in [7, 11) is -3.62. The van der Waals surface area contributed by atoms with Gasteiger partial charge in [-0.15, -0.1) is 0 Å². The lowest BCUT2D eigenvalue weighted by Gasteiger charge is -2.35. The van der Waals surface area contributed by atoms with Gasteiger partial charge in [0.25, 0.3) is 0 Å². The van der Waals surface area contributed by atoms with Crippen molar-refractivity contribution in [2.24, 2.45) is 0 Å². The number of hydrogen-bond donors (Lipinski definition) is 0. The predicted molar refractivity (Wildman–Crippen MR) is 131 cm³/mol. The number of aryl methyl sites for hydroxylation is 4. The number of hydrogen-bond acceptors (Lipinski definition) is 6. The Bertz CT molecular complexity index is 1090. The van der Waals surface area contributed by atoms with Crippen LogP contribution < -0.4 is 0 Å². The van der Waals surface area contributed by atoms with Crippen LogP contribution in [0.3, 0.4) is 0 Å². The molecule has 1 fully saturated rings. The Kier molecular flexibility index (Phi) is 8.18. The summed E-state index contributed by atoms with van der Waals surface area (Å²) in [5.41, 5.74) is 2.61. The molecule has 188 valence electrons. The fourth-order valence-electron chi connectivity index (χ4n) is 4.36. The smallest absolute Gasteiger partial charge is 0.243 e. The highest BCUT2D eigenvalue weighted by molar-refractivity contribution is 7.89. The van der Waals surface area contributed by atoms with Crippen molar-refractivity contribution in [2.75, 3.05) is 26.2 Å². The van der Waals surface area contributed by atoms with E-state index in [9.17, 15) is 13.2 Å². The van der Waals surface area contributed by atoms with Gasteiger partial charge in [0, 0.05) is 45.4 Å². The summed E-state index contributed by atoms with van der Waals surface area (Å²) >= 11 is 0. The summed E-state index contributed by atoms with van der Waals surface area (Å²) in [4.78, 5) is 19.1. The van der Waals surface area contributed by atoms with E-state index in [1.54, 1.807) is 4.90 Å². The number of piperazine rings is 1. The van der Waals surface area contributed by atoms with E-state index in [0.717, 1.165) is 29.5 Å². The first kappa shape index (κ1) is 26.3. The number of nitrogens with zero attached hydrogens (tertiary/aromatic N) is 4. The first-order valence-electron chi connectivity index (χ1n) is 12.1. The molecular weight excluding hydrogens is 452 g/mol. The van der Waals surface area contributed by atoms with Crippen LogP contribution in [0.25, 0.3) is 0 Å². The number of carbonyl (C=O) groups is 1. The third-order valence-corrected chi connectivity index (χ3v) is 8.49. The minimum absolute atomic E-state index is 0.0345. The quantitative estimate of drug-likeness (QED) is 0.559. The van der Waals surface area contributed by atoms with Gasteiger partial charge in [0.05, 0.1) is 4.90 Å². The molecule has 0 bridgehead atoms.